The van der Waals surface area contributed by atoms with Crippen molar-refractivity contribution in [2.45, 2.75) is 51.2 Å². The molecule has 2 fully saturated rings. The maximum absolute atomic E-state index is 6.04. The molecule has 1 unspecified atom stereocenters. The lowest BCUT2D eigenvalue weighted by molar-refractivity contribution is 0.0864. The predicted octanol–water partition coefficient (Wildman–Crippen LogP) is 3.41. The number of aromatic nitrogens is 2. The van der Waals surface area contributed by atoms with E-state index in [0.717, 1.165) is 57.0 Å². The van der Waals surface area contributed by atoms with Crippen molar-refractivity contribution in [1.82, 2.24) is 14.7 Å². The van der Waals surface area contributed by atoms with Crippen molar-refractivity contribution in [1.29, 1.82) is 0 Å². The molecule has 2 aromatic rings. The third-order valence-corrected chi connectivity index (χ3v) is 5.60. The number of ether oxygens (including phenoxy) is 1. The summed E-state index contributed by atoms with van der Waals surface area (Å²) < 4.78 is 13.8. The zero-order valence-electron chi connectivity index (χ0n) is 14.8. The Labute approximate surface area is 148 Å². The number of hydrogen-bond acceptors (Lipinski definition) is 4. The Morgan fingerprint density at radius 2 is 2.04 bits per heavy atom. The molecule has 25 heavy (non-hydrogen) atoms. The summed E-state index contributed by atoms with van der Waals surface area (Å²) in [6.07, 6.45) is 9.45. The van der Waals surface area contributed by atoms with Crippen molar-refractivity contribution in [3.8, 4) is 0 Å². The van der Waals surface area contributed by atoms with Crippen LogP contribution >= 0.6 is 0 Å². The summed E-state index contributed by atoms with van der Waals surface area (Å²) in [5.41, 5.74) is 2.64. The van der Waals surface area contributed by atoms with Crippen LogP contribution in [0.15, 0.2) is 29.0 Å². The van der Waals surface area contributed by atoms with Gasteiger partial charge in [0.15, 0.2) is 0 Å². The Kier molecular flexibility index (Phi) is 4.14. The van der Waals surface area contributed by atoms with Crippen molar-refractivity contribution >= 4 is 0 Å². The van der Waals surface area contributed by atoms with Gasteiger partial charge >= 0.3 is 0 Å². The molecule has 0 saturated heterocycles. The first-order valence-electron chi connectivity index (χ1n) is 9.72. The van der Waals surface area contributed by atoms with E-state index in [1.807, 2.05) is 6.07 Å². The second-order valence-corrected chi connectivity index (χ2v) is 8.13. The first-order chi connectivity index (χ1) is 12.3. The first kappa shape index (κ1) is 15.6. The highest BCUT2D eigenvalue weighted by Gasteiger charge is 2.31. The van der Waals surface area contributed by atoms with E-state index >= 15 is 0 Å². The maximum Gasteiger partial charge on any atom is 0.117 e. The lowest BCUT2D eigenvalue weighted by atomic mass is 9.97. The van der Waals surface area contributed by atoms with Gasteiger partial charge in [-0.05, 0) is 49.7 Å². The highest BCUT2D eigenvalue weighted by atomic mass is 16.5. The number of nitrogens with zero attached hydrogens (tertiary/aromatic N) is 3. The molecule has 0 radical (unpaired) electrons. The molecule has 5 nitrogen and oxygen atoms in total. The molecule has 3 aliphatic rings. The molecular weight excluding hydrogens is 314 g/mol. The highest BCUT2D eigenvalue weighted by molar-refractivity contribution is 5.25. The Bertz CT molecular complexity index is 701. The van der Waals surface area contributed by atoms with Crippen LogP contribution in [0.25, 0.3) is 0 Å². The Balaban J connectivity index is 1.30. The number of fused-ring (bicyclic) bond motifs is 1. The van der Waals surface area contributed by atoms with E-state index in [1.54, 1.807) is 6.26 Å². The van der Waals surface area contributed by atoms with Crippen molar-refractivity contribution in [3.05, 3.63) is 41.6 Å². The molecular formula is C20H27N3O2. The molecule has 0 spiro atoms. The summed E-state index contributed by atoms with van der Waals surface area (Å²) in [6, 6.07) is 4.03. The molecule has 5 heteroatoms. The quantitative estimate of drug-likeness (QED) is 0.738. The van der Waals surface area contributed by atoms with Gasteiger partial charge in [0.2, 0.25) is 0 Å². The predicted molar refractivity (Wildman–Crippen MR) is 94.1 cm³/mol. The van der Waals surface area contributed by atoms with Crippen LogP contribution in [0.5, 0.6) is 0 Å². The average Bonchev–Trinajstić information content (AvgIpc) is 3.49. The number of hydrogen-bond donors (Lipinski definition) is 0. The van der Waals surface area contributed by atoms with E-state index in [9.17, 15) is 0 Å². The van der Waals surface area contributed by atoms with E-state index in [4.69, 9.17) is 14.3 Å². The minimum Gasteiger partial charge on any atom is -0.468 e. The second-order valence-electron chi connectivity index (χ2n) is 8.13. The highest BCUT2D eigenvalue weighted by Crippen LogP contribution is 2.34. The standard InChI is InChI=1S/C20H27N3O2/c1-2-19(25-7-1)12-22-9-17-11-23(8-15-3-4-15)21-20(17)18(10-22)14-24-13-16-5-6-16/h1-2,7,11,15-16,18H,3-6,8-10,12-14H2. The van der Waals surface area contributed by atoms with Crippen LogP contribution in [0.2, 0.25) is 0 Å². The molecule has 3 heterocycles. The molecule has 2 aliphatic carbocycles. The van der Waals surface area contributed by atoms with E-state index in [0.29, 0.717) is 5.92 Å². The van der Waals surface area contributed by atoms with Crippen LogP contribution in [-0.2, 0) is 24.4 Å². The fourth-order valence-corrected chi connectivity index (χ4v) is 3.84. The normalized spacial score (nSPS) is 23.8. The fraction of sp³-hybridized carbons (Fsp3) is 0.650. The van der Waals surface area contributed by atoms with Crippen LogP contribution in [0.4, 0.5) is 0 Å². The molecule has 2 saturated carbocycles. The Hall–Kier alpha value is -1.59. The minimum absolute atomic E-state index is 0.373. The van der Waals surface area contributed by atoms with Crippen LogP contribution in [-0.4, -0.2) is 34.4 Å². The van der Waals surface area contributed by atoms with E-state index in [-0.39, 0.29) is 0 Å². The van der Waals surface area contributed by atoms with Gasteiger partial charge in [-0.25, -0.2) is 0 Å². The summed E-state index contributed by atoms with van der Waals surface area (Å²) in [4.78, 5) is 2.47. The van der Waals surface area contributed by atoms with Gasteiger partial charge in [0.25, 0.3) is 0 Å². The lowest BCUT2D eigenvalue weighted by Crippen LogP contribution is -2.34. The summed E-state index contributed by atoms with van der Waals surface area (Å²) >= 11 is 0. The average molecular weight is 341 g/mol. The van der Waals surface area contributed by atoms with Gasteiger partial charge in [-0.2, -0.15) is 5.10 Å². The lowest BCUT2D eigenvalue weighted by Gasteiger charge is -2.31. The van der Waals surface area contributed by atoms with Crippen LogP contribution in [0.3, 0.4) is 0 Å². The molecule has 0 aromatic carbocycles. The Morgan fingerprint density at radius 3 is 2.80 bits per heavy atom. The zero-order chi connectivity index (χ0) is 16.6. The molecule has 0 bridgehead atoms. The minimum atomic E-state index is 0.373. The Morgan fingerprint density at radius 1 is 1.16 bits per heavy atom. The summed E-state index contributed by atoms with van der Waals surface area (Å²) in [6.45, 7) is 5.62. The van der Waals surface area contributed by atoms with Crippen LogP contribution in [0.1, 0.15) is 48.6 Å². The van der Waals surface area contributed by atoms with Crippen molar-refractivity contribution in [2.75, 3.05) is 19.8 Å². The van der Waals surface area contributed by atoms with Crippen molar-refractivity contribution in [2.24, 2.45) is 11.8 Å². The first-order valence-corrected chi connectivity index (χ1v) is 9.72. The largest absolute Gasteiger partial charge is 0.468 e. The summed E-state index contributed by atoms with van der Waals surface area (Å²) in [5.74, 6) is 3.07. The SMILES string of the molecule is c1coc(CN2Cc3cn(CC4CC4)nc3C(COCC3CC3)C2)c1. The number of furan rings is 1. The molecule has 0 amide bonds. The molecule has 0 N–H and O–H groups in total. The van der Waals surface area contributed by atoms with Gasteiger partial charge < -0.3 is 9.15 Å². The van der Waals surface area contributed by atoms with Gasteiger partial charge in [0.1, 0.15) is 5.76 Å². The number of rotatable bonds is 8. The summed E-state index contributed by atoms with van der Waals surface area (Å²) in [5, 5.41) is 4.94. The van der Waals surface area contributed by atoms with Crippen molar-refractivity contribution < 1.29 is 9.15 Å². The third kappa shape index (κ3) is 3.82. The van der Waals surface area contributed by atoms with E-state index in [2.05, 4.69) is 21.8 Å². The monoisotopic (exact) mass is 341 g/mol. The van der Waals surface area contributed by atoms with Gasteiger partial charge in [0, 0.05) is 43.9 Å². The van der Waals surface area contributed by atoms with Crippen LogP contribution in [0, 0.1) is 11.8 Å². The van der Waals surface area contributed by atoms with Gasteiger partial charge in [0.05, 0.1) is 25.1 Å². The molecule has 5 rings (SSSR count). The maximum atomic E-state index is 6.04. The molecule has 2 aromatic heterocycles. The summed E-state index contributed by atoms with van der Waals surface area (Å²) in [7, 11) is 0. The molecule has 134 valence electrons. The zero-order valence-corrected chi connectivity index (χ0v) is 14.8. The van der Waals surface area contributed by atoms with Gasteiger partial charge in [-0.3, -0.25) is 9.58 Å². The van der Waals surface area contributed by atoms with Crippen molar-refractivity contribution in [3.63, 3.8) is 0 Å². The molecule has 1 atom stereocenters. The van der Waals surface area contributed by atoms with E-state index in [1.165, 1.54) is 36.9 Å². The van der Waals surface area contributed by atoms with Gasteiger partial charge in [-0.15, -0.1) is 0 Å². The van der Waals surface area contributed by atoms with Gasteiger partial charge in [-0.1, -0.05) is 0 Å². The topological polar surface area (TPSA) is 43.4 Å². The fourth-order valence-electron chi connectivity index (χ4n) is 3.84. The third-order valence-electron chi connectivity index (χ3n) is 5.60. The smallest absolute Gasteiger partial charge is 0.117 e. The second kappa shape index (κ2) is 6.61. The van der Waals surface area contributed by atoms with E-state index < -0.39 is 0 Å². The molecule has 1 aliphatic heterocycles. The van der Waals surface area contributed by atoms with Crippen LogP contribution < -0.4 is 0 Å².